The molecule has 0 bridgehead atoms. The molecule has 0 fully saturated rings. The zero-order valence-electron chi connectivity index (χ0n) is 15.8. The normalized spacial score (nSPS) is 19.4. The van der Waals surface area contributed by atoms with Crippen LogP contribution in [-0.2, 0) is 17.6 Å². The number of hydrogen-bond acceptors (Lipinski definition) is 4. The largest absolute Gasteiger partial charge is 0.493 e. The van der Waals surface area contributed by atoms with Gasteiger partial charge in [0.15, 0.2) is 17.3 Å². The maximum atomic E-state index is 12.4. The molecule has 0 saturated carbocycles. The first-order chi connectivity index (χ1) is 13.2. The third kappa shape index (κ3) is 3.70. The average Bonchev–Trinajstić information content (AvgIpc) is 3.09. The maximum Gasteiger partial charge on any atom is 0.160 e. The number of carbonyl (C=O) groups excluding carboxylic acids is 1. The Labute approximate surface area is 160 Å². The fraction of sp³-hybridized carbons (Fsp3) is 0.348. The van der Waals surface area contributed by atoms with Gasteiger partial charge >= 0.3 is 0 Å². The van der Waals surface area contributed by atoms with Crippen molar-refractivity contribution in [2.75, 3.05) is 14.2 Å². The second-order valence-electron chi connectivity index (χ2n) is 7.37. The molecule has 0 amide bonds. The summed E-state index contributed by atoms with van der Waals surface area (Å²) in [6.07, 6.45) is 5.20. The van der Waals surface area contributed by atoms with Crippen molar-refractivity contribution in [2.24, 2.45) is 0 Å². The Morgan fingerprint density at radius 1 is 0.889 bits per heavy atom. The monoisotopic (exact) mass is 363 g/mol. The van der Waals surface area contributed by atoms with Crippen molar-refractivity contribution >= 4 is 5.78 Å². The van der Waals surface area contributed by atoms with E-state index in [2.05, 4.69) is 29.6 Å². The van der Waals surface area contributed by atoms with Crippen LogP contribution in [0.4, 0.5) is 0 Å². The first-order valence-electron chi connectivity index (χ1n) is 9.45. The molecule has 140 valence electrons. The van der Waals surface area contributed by atoms with E-state index in [1.54, 1.807) is 20.3 Å². The Kier molecular flexibility index (Phi) is 4.88. The predicted molar refractivity (Wildman–Crippen MR) is 105 cm³/mol. The summed E-state index contributed by atoms with van der Waals surface area (Å²) < 4.78 is 10.7. The number of methoxy groups -OCH3 is 2. The van der Waals surface area contributed by atoms with Crippen LogP contribution in [-0.4, -0.2) is 26.0 Å². The van der Waals surface area contributed by atoms with Gasteiger partial charge in [0.1, 0.15) is 0 Å². The number of carbonyl (C=O) groups is 1. The molecule has 1 N–H and O–H groups in total. The number of rotatable bonds is 5. The first-order valence-corrected chi connectivity index (χ1v) is 9.45. The summed E-state index contributed by atoms with van der Waals surface area (Å²) in [6.45, 7) is 0. The zero-order valence-corrected chi connectivity index (χ0v) is 15.8. The van der Waals surface area contributed by atoms with Crippen LogP contribution in [0.1, 0.15) is 35.4 Å². The molecule has 2 aliphatic carbocycles. The summed E-state index contributed by atoms with van der Waals surface area (Å²) in [7, 11) is 3.27. The van der Waals surface area contributed by atoms with E-state index in [0.717, 1.165) is 30.5 Å². The zero-order chi connectivity index (χ0) is 18.8. The number of hydrogen-bond donors (Lipinski definition) is 1. The lowest BCUT2D eigenvalue weighted by Crippen LogP contribution is -2.32. The summed E-state index contributed by atoms with van der Waals surface area (Å²) >= 11 is 0. The van der Waals surface area contributed by atoms with E-state index in [9.17, 15) is 4.79 Å². The fourth-order valence-electron chi connectivity index (χ4n) is 4.26. The first kappa shape index (κ1) is 17.7. The van der Waals surface area contributed by atoms with Crippen molar-refractivity contribution in [3.05, 3.63) is 70.9 Å². The topological polar surface area (TPSA) is 47.6 Å². The Balaban J connectivity index is 1.48. The molecule has 0 spiro atoms. The highest BCUT2D eigenvalue weighted by Crippen LogP contribution is 2.36. The summed E-state index contributed by atoms with van der Waals surface area (Å²) in [5.41, 5.74) is 4.98. The van der Waals surface area contributed by atoms with Gasteiger partial charge in [-0.15, -0.1) is 0 Å². The minimum atomic E-state index is 0.161. The summed E-state index contributed by atoms with van der Waals surface area (Å²) in [6, 6.07) is 14.9. The lowest BCUT2D eigenvalue weighted by molar-refractivity contribution is -0.115. The lowest BCUT2D eigenvalue weighted by Gasteiger charge is -2.26. The highest BCUT2D eigenvalue weighted by molar-refractivity contribution is 5.92. The Hall–Kier alpha value is -2.75. The summed E-state index contributed by atoms with van der Waals surface area (Å²) in [5, 5.41) is 3.63. The molecular weight excluding hydrogens is 338 g/mol. The molecule has 0 saturated heterocycles. The molecule has 2 aliphatic rings. The van der Waals surface area contributed by atoms with E-state index in [1.165, 1.54) is 11.1 Å². The molecule has 0 unspecified atom stereocenters. The molecule has 4 nitrogen and oxygen atoms in total. The van der Waals surface area contributed by atoms with Crippen LogP contribution in [0.15, 0.2) is 54.2 Å². The molecular formula is C23H25NO3. The van der Waals surface area contributed by atoms with E-state index in [-0.39, 0.29) is 11.7 Å². The number of benzene rings is 2. The van der Waals surface area contributed by atoms with E-state index in [1.807, 2.05) is 18.2 Å². The van der Waals surface area contributed by atoms with Crippen molar-refractivity contribution in [3.8, 4) is 11.5 Å². The van der Waals surface area contributed by atoms with Gasteiger partial charge in [-0.05, 0) is 54.0 Å². The van der Waals surface area contributed by atoms with E-state index >= 15 is 0 Å². The third-order valence-electron chi connectivity index (χ3n) is 5.57. The summed E-state index contributed by atoms with van der Waals surface area (Å²) in [5.74, 6) is 1.76. The quantitative estimate of drug-likeness (QED) is 0.878. The van der Waals surface area contributed by atoms with Crippen molar-refractivity contribution in [2.45, 2.75) is 37.6 Å². The SMILES string of the molecule is COc1ccc([C@@H]2CC(=O)C=C(NC3Cc4ccccc4C3)C2)cc1OC. The highest BCUT2D eigenvalue weighted by Gasteiger charge is 2.27. The van der Waals surface area contributed by atoms with E-state index in [4.69, 9.17) is 9.47 Å². The molecule has 0 heterocycles. The number of ketones is 1. The van der Waals surface area contributed by atoms with Gasteiger partial charge in [-0.25, -0.2) is 0 Å². The van der Waals surface area contributed by atoms with Gasteiger partial charge in [0.2, 0.25) is 0 Å². The lowest BCUT2D eigenvalue weighted by atomic mass is 9.85. The van der Waals surface area contributed by atoms with Gasteiger partial charge in [0.25, 0.3) is 0 Å². The predicted octanol–water partition coefficient (Wildman–Crippen LogP) is 3.79. The molecule has 0 radical (unpaired) electrons. The van der Waals surface area contributed by atoms with Crippen molar-refractivity contribution in [1.29, 1.82) is 0 Å². The number of nitrogens with one attached hydrogen (secondary N) is 1. The van der Waals surface area contributed by atoms with Gasteiger partial charge in [-0.3, -0.25) is 4.79 Å². The average molecular weight is 363 g/mol. The molecule has 0 aliphatic heterocycles. The van der Waals surface area contributed by atoms with Crippen molar-refractivity contribution in [3.63, 3.8) is 0 Å². The van der Waals surface area contributed by atoms with Crippen LogP contribution < -0.4 is 14.8 Å². The maximum absolute atomic E-state index is 12.4. The van der Waals surface area contributed by atoms with Crippen molar-refractivity contribution in [1.82, 2.24) is 5.32 Å². The molecule has 4 heteroatoms. The molecule has 0 aromatic heterocycles. The van der Waals surface area contributed by atoms with E-state index in [0.29, 0.717) is 24.0 Å². The minimum absolute atomic E-state index is 0.161. The second kappa shape index (κ2) is 7.47. The van der Waals surface area contributed by atoms with Crippen LogP contribution in [0, 0.1) is 0 Å². The molecule has 2 aromatic rings. The van der Waals surface area contributed by atoms with Crippen LogP contribution in [0.3, 0.4) is 0 Å². The molecule has 4 rings (SSSR count). The standard InChI is InChI=1S/C23H25NO3/c1-26-22-8-7-17(13-23(22)27-2)18-11-20(14-21(25)12-18)24-19-9-15-5-3-4-6-16(15)10-19/h3-8,13-14,18-19,24H,9-12H2,1-2H3/t18-/m0/s1. The van der Waals surface area contributed by atoms with Crippen LogP contribution >= 0.6 is 0 Å². The molecule has 2 aromatic carbocycles. The highest BCUT2D eigenvalue weighted by atomic mass is 16.5. The molecule has 27 heavy (non-hydrogen) atoms. The number of ether oxygens (including phenoxy) is 2. The van der Waals surface area contributed by atoms with Crippen LogP contribution in [0.5, 0.6) is 11.5 Å². The van der Waals surface area contributed by atoms with Crippen molar-refractivity contribution < 1.29 is 14.3 Å². The number of fused-ring (bicyclic) bond motifs is 1. The fourth-order valence-corrected chi connectivity index (χ4v) is 4.26. The Bertz CT molecular complexity index is 862. The van der Waals surface area contributed by atoms with Crippen LogP contribution in [0.25, 0.3) is 0 Å². The van der Waals surface area contributed by atoms with Gasteiger partial charge < -0.3 is 14.8 Å². The van der Waals surface area contributed by atoms with Gasteiger partial charge in [0, 0.05) is 24.2 Å². The minimum Gasteiger partial charge on any atom is -0.493 e. The van der Waals surface area contributed by atoms with Gasteiger partial charge in [-0.2, -0.15) is 0 Å². The molecule has 1 atom stereocenters. The van der Waals surface area contributed by atoms with Gasteiger partial charge in [-0.1, -0.05) is 30.3 Å². The third-order valence-corrected chi connectivity index (χ3v) is 5.57. The van der Waals surface area contributed by atoms with Crippen LogP contribution in [0.2, 0.25) is 0 Å². The summed E-state index contributed by atoms with van der Waals surface area (Å²) in [4.78, 5) is 12.4. The smallest absolute Gasteiger partial charge is 0.160 e. The Morgan fingerprint density at radius 2 is 1.59 bits per heavy atom. The van der Waals surface area contributed by atoms with Gasteiger partial charge in [0.05, 0.1) is 14.2 Å². The second-order valence-corrected chi connectivity index (χ2v) is 7.37. The number of allylic oxidation sites excluding steroid dienone is 2. The Morgan fingerprint density at radius 3 is 2.26 bits per heavy atom. The van der Waals surface area contributed by atoms with E-state index < -0.39 is 0 Å².